The molecule has 1 N–H and O–H groups in total. The van der Waals surface area contributed by atoms with E-state index in [1.165, 1.54) is 12.3 Å². The molecule has 0 aliphatic carbocycles. The van der Waals surface area contributed by atoms with Gasteiger partial charge in [0.05, 0.1) is 11.9 Å². The van der Waals surface area contributed by atoms with Gasteiger partial charge in [0.2, 0.25) is 5.95 Å². The van der Waals surface area contributed by atoms with E-state index in [0.717, 1.165) is 11.3 Å². The lowest BCUT2D eigenvalue weighted by molar-refractivity contribution is 0.440. The number of nitrogens with zero attached hydrogens (tertiary/aromatic N) is 5. The van der Waals surface area contributed by atoms with Gasteiger partial charge in [-0.2, -0.15) is 4.68 Å². The smallest absolute Gasteiger partial charge is 0.248 e. The van der Waals surface area contributed by atoms with Gasteiger partial charge < -0.3 is 10.1 Å². The Morgan fingerprint density at radius 1 is 1.04 bits per heavy atom. The lowest BCUT2D eigenvalue weighted by Crippen LogP contribution is -2.07. The zero-order chi connectivity index (χ0) is 18.5. The molecular formula is C19H15FN6O. The Kier molecular flexibility index (Phi) is 4.69. The van der Waals surface area contributed by atoms with Gasteiger partial charge in [-0.15, -0.1) is 0 Å². The Labute approximate surface area is 154 Å². The van der Waals surface area contributed by atoms with Crippen LogP contribution < -0.4 is 10.1 Å². The molecule has 134 valence electrons. The molecule has 4 rings (SSSR count). The number of nitrogens with one attached hydrogen (secondary N) is 1. The first-order chi connectivity index (χ1) is 13.3. The fourth-order valence-electron chi connectivity index (χ4n) is 2.49. The molecule has 0 fully saturated rings. The van der Waals surface area contributed by atoms with E-state index in [4.69, 9.17) is 4.74 Å². The van der Waals surface area contributed by atoms with E-state index >= 15 is 0 Å². The van der Waals surface area contributed by atoms with Crippen LogP contribution in [0.3, 0.4) is 0 Å². The van der Waals surface area contributed by atoms with Crippen molar-refractivity contribution >= 4 is 5.95 Å². The third-order valence-corrected chi connectivity index (χ3v) is 3.78. The van der Waals surface area contributed by atoms with Crippen molar-refractivity contribution in [2.75, 3.05) is 5.32 Å². The van der Waals surface area contributed by atoms with Gasteiger partial charge in [-0.25, -0.2) is 4.39 Å². The monoisotopic (exact) mass is 362 g/mol. The third-order valence-electron chi connectivity index (χ3n) is 3.78. The maximum absolute atomic E-state index is 14.3. The van der Waals surface area contributed by atoms with Gasteiger partial charge >= 0.3 is 0 Å². The second kappa shape index (κ2) is 7.61. The van der Waals surface area contributed by atoms with E-state index < -0.39 is 5.82 Å². The van der Waals surface area contributed by atoms with E-state index in [2.05, 4.69) is 25.8 Å². The molecule has 0 radical (unpaired) electrons. The standard InChI is InChI=1S/C19H15FN6O/c20-17-11-14(8-9-18(17)27-16-7-4-10-21-13-16)12-22-19-23-24-25-26(19)15-5-2-1-3-6-15/h1-11,13H,12H2,(H,22,23,25). The molecule has 0 unspecified atom stereocenters. The van der Waals surface area contributed by atoms with Crippen molar-refractivity contribution in [1.29, 1.82) is 0 Å². The molecule has 0 bridgehead atoms. The Bertz CT molecular complexity index is 1020. The van der Waals surface area contributed by atoms with Gasteiger partial charge in [-0.3, -0.25) is 4.98 Å². The van der Waals surface area contributed by atoms with E-state index in [9.17, 15) is 4.39 Å². The van der Waals surface area contributed by atoms with Crippen molar-refractivity contribution in [1.82, 2.24) is 25.2 Å². The molecule has 0 spiro atoms. The molecule has 2 heterocycles. The number of para-hydroxylation sites is 1. The van der Waals surface area contributed by atoms with Crippen LogP contribution in [-0.4, -0.2) is 25.2 Å². The summed E-state index contributed by atoms with van der Waals surface area (Å²) in [4.78, 5) is 3.94. The molecule has 7 nitrogen and oxygen atoms in total. The zero-order valence-electron chi connectivity index (χ0n) is 14.2. The molecule has 0 saturated heterocycles. The molecule has 0 atom stereocenters. The lowest BCUT2D eigenvalue weighted by atomic mass is 10.2. The first-order valence-electron chi connectivity index (χ1n) is 8.23. The van der Waals surface area contributed by atoms with Gasteiger partial charge in [0.15, 0.2) is 11.6 Å². The van der Waals surface area contributed by atoms with Crippen LogP contribution >= 0.6 is 0 Å². The summed E-state index contributed by atoms with van der Waals surface area (Å²) in [7, 11) is 0. The number of pyridine rings is 1. The molecule has 2 aromatic heterocycles. The van der Waals surface area contributed by atoms with Gasteiger partial charge in [0.25, 0.3) is 0 Å². The van der Waals surface area contributed by atoms with Crippen LogP contribution in [0.5, 0.6) is 11.5 Å². The number of anilines is 1. The number of halogens is 1. The Hall–Kier alpha value is -3.81. The molecule has 0 aliphatic heterocycles. The summed E-state index contributed by atoms with van der Waals surface area (Å²) >= 11 is 0. The zero-order valence-corrected chi connectivity index (χ0v) is 14.2. The van der Waals surface area contributed by atoms with Crippen molar-refractivity contribution in [2.24, 2.45) is 0 Å². The highest BCUT2D eigenvalue weighted by molar-refractivity contribution is 5.40. The van der Waals surface area contributed by atoms with Crippen LogP contribution in [0.1, 0.15) is 5.56 Å². The average Bonchev–Trinajstić information content (AvgIpc) is 3.18. The third kappa shape index (κ3) is 3.90. The minimum Gasteiger partial charge on any atom is -0.453 e. The molecule has 4 aromatic rings. The highest BCUT2D eigenvalue weighted by atomic mass is 19.1. The average molecular weight is 362 g/mol. The van der Waals surface area contributed by atoms with Crippen LogP contribution in [0, 0.1) is 5.82 Å². The van der Waals surface area contributed by atoms with Crippen LogP contribution in [0.2, 0.25) is 0 Å². The molecule has 0 amide bonds. The Morgan fingerprint density at radius 3 is 2.70 bits per heavy atom. The van der Waals surface area contributed by atoms with Crippen molar-refractivity contribution in [3.05, 3.63) is 84.4 Å². The van der Waals surface area contributed by atoms with E-state index in [1.54, 1.807) is 35.1 Å². The highest BCUT2D eigenvalue weighted by Gasteiger charge is 2.10. The van der Waals surface area contributed by atoms with Crippen LogP contribution in [0.4, 0.5) is 10.3 Å². The van der Waals surface area contributed by atoms with Gasteiger partial charge in [-0.1, -0.05) is 29.4 Å². The van der Waals surface area contributed by atoms with Crippen molar-refractivity contribution in [3.8, 4) is 17.2 Å². The molecular weight excluding hydrogens is 347 g/mol. The molecule has 0 saturated carbocycles. The SMILES string of the molecule is Fc1cc(CNc2nnnn2-c2ccccc2)ccc1Oc1cccnc1. The topological polar surface area (TPSA) is 77.8 Å². The number of benzene rings is 2. The normalized spacial score (nSPS) is 10.6. The lowest BCUT2D eigenvalue weighted by Gasteiger charge is -2.09. The maximum atomic E-state index is 14.3. The summed E-state index contributed by atoms with van der Waals surface area (Å²) in [5, 5.41) is 14.7. The number of tetrazole rings is 1. The summed E-state index contributed by atoms with van der Waals surface area (Å²) in [6, 6.07) is 17.7. The summed E-state index contributed by atoms with van der Waals surface area (Å²) in [5.41, 5.74) is 1.56. The summed E-state index contributed by atoms with van der Waals surface area (Å²) in [6.07, 6.45) is 3.15. The molecule has 27 heavy (non-hydrogen) atoms. The number of rotatable bonds is 6. The second-order valence-electron chi connectivity index (χ2n) is 5.66. The number of aromatic nitrogens is 5. The fraction of sp³-hybridized carbons (Fsp3) is 0.0526. The second-order valence-corrected chi connectivity index (χ2v) is 5.66. The first kappa shape index (κ1) is 16.6. The Morgan fingerprint density at radius 2 is 1.93 bits per heavy atom. The largest absolute Gasteiger partial charge is 0.453 e. The summed E-state index contributed by atoms with van der Waals surface area (Å²) < 4.78 is 21.4. The van der Waals surface area contributed by atoms with E-state index in [1.807, 2.05) is 30.3 Å². The van der Waals surface area contributed by atoms with E-state index in [-0.39, 0.29) is 5.75 Å². The number of hydrogen-bond acceptors (Lipinski definition) is 6. The first-order valence-corrected chi connectivity index (χ1v) is 8.23. The summed E-state index contributed by atoms with van der Waals surface area (Å²) in [6.45, 7) is 0.358. The van der Waals surface area contributed by atoms with Crippen LogP contribution in [0.25, 0.3) is 5.69 Å². The van der Waals surface area contributed by atoms with Crippen molar-refractivity contribution < 1.29 is 9.13 Å². The molecule has 2 aromatic carbocycles. The van der Waals surface area contributed by atoms with Gasteiger partial charge in [0.1, 0.15) is 5.75 Å². The van der Waals surface area contributed by atoms with Crippen LogP contribution in [-0.2, 0) is 6.54 Å². The number of ether oxygens (including phenoxy) is 1. The van der Waals surface area contributed by atoms with Crippen molar-refractivity contribution in [2.45, 2.75) is 6.54 Å². The summed E-state index contributed by atoms with van der Waals surface area (Å²) in [5.74, 6) is 0.628. The molecule has 8 heteroatoms. The van der Waals surface area contributed by atoms with E-state index in [0.29, 0.717) is 18.2 Å². The van der Waals surface area contributed by atoms with Crippen LogP contribution in [0.15, 0.2) is 73.1 Å². The van der Waals surface area contributed by atoms with Crippen molar-refractivity contribution in [3.63, 3.8) is 0 Å². The van der Waals surface area contributed by atoms with Gasteiger partial charge in [-0.05, 0) is 52.4 Å². The van der Waals surface area contributed by atoms with Gasteiger partial charge in [0, 0.05) is 12.7 Å². The predicted molar refractivity (Wildman–Crippen MR) is 97.2 cm³/mol. The molecule has 0 aliphatic rings. The highest BCUT2D eigenvalue weighted by Crippen LogP contribution is 2.24. The maximum Gasteiger partial charge on any atom is 0.248 e. The fourth-order valence-corrected chi connectivity index (χ4v) is 2.49. The number of hydrogen-bond donors (Lipinski definition) is 1. The quantitative estimate of drug-likeness (QED) is 0.565. The minimum atomic E-state index is -0.458. The Balaban J connectivity index is 1.45. The minimum absolute atomic E-state index is 0.140. The predicted octanol–water partition coefficient (Wildman–Crippen LogP) is 3.60.